The number of phosphoric ester groups is 1. The summed E-state index contributed by atoms with van der Waals surface area (Å²) in [6, 6.07) is 0. The average molecular weight is 845 g/mol. The molecule has 0 amide bonds. The first-order valence-electron chi connectivity index (χ1n) is 23.2. The van der Waals surface area contributed by atoms with Crippen molar-refractivity contribution in [2.24, 2.45) is 11.8 Å². The molecule has 0 aromatic carbocycles. The van der Waals surface area contributed by atoms with Crippen LogP contribution in [0.5, 0.6) is 0 Å². The summed E-state index contributed by atoms with van der Waals surface area (Å²) in [5.74, 6) is -0.912. The van der Waals surface area contributed by atoms with Crippen LogP contribution in [-0.2, 0) is 32.7 Å². The second-order valence-electron chi connectivity index (χ2n) is 17.6. The number of rotatable bonds is 39. The molecule has 1 saturated carbocycles. The Hall–Kier alpha value is -1.59. The lowest BCUT2D eigenvalue weighted by Gasteiger charge is -2.24. The van der Waals surface area contributed by atoms with E-state index in [9.17, 15) is 29.3 Å². The first-order chi connectivity index (χ1) is 27.8. The summed E-state index contributed by atoms with van der Waals surface area (Å²) >= 11 is 0. The summed E-state index contributed by atoms with van der Waals surface area (Å²) in [5.41, 5.74) is 0. The summed E-state index contributed by atoms with van der Waals surface area (Å²) in [7, 11) is 1.49. The van der Waals surface area contributed by atoms with Crippen molar-refractivity contribution in [3.63, 3.8) is 0 Å². The van der Waals surface area contributed by atoms with Crippen molar-refractivity contribution in [2.45, 2.75) is 199 Å². The Balaban J connectivity index is 2.42. The maximum atomic E-state index is 12.8. The van der Waals surface area contributed by atoms with Crippen LogP contribution >= 0.6 is 7.82 Å². The molecule has 0 saturated heterocycles. The van der Waals surface area contributed by atoms with Gasteiger partial charge in [-0.3, -0.25) is 18.6 Å². The van der Waals surface area contributed by atoms with Crippen LogP contribution < -0.4 is 0 Å². The first kappa shape index (κ1) is 54.4. The predicted octanol–water partition coefficient (Wildman–Crippen LogP) is 10.5. The molecule has 0 aliphatic heterocycles. The molecular weight excluding hydrogens is 757 g/mol. The molecule has 11 nitrogen and oxygen atoms in total. The van der Waals surface area contributed by atoms with E-state index in [4.69, 9.17) is 18.5 Å². The van der Waals surface area contributed by atoms with Crippen molar-refractivity contribution in [2.75, 3.05) is 47.5 Å². The van der Waals surface area contributed by atoms with E-state index in [1.54, 1.807) is 12.3 Å². The van der Waals surface area contributed by atoms with Crippen LogP contribution in [0.2, 0.25) is 0 Å². The number of unbranched alkanes of at least 4 members (excludes halogenated alkanes) is 19. The minimum atomic E-state index is -4.36. The Morgan fingerprint density at radius 2 is 1.38 bits per heavy atom. The molecule has 1 rings (SSSR count). The number of esters is 1. The van der Waals surface area contributed by atoms with Crippen LogP contribution in [0.1, 0.15) is 181 Å². The van der Waals surface area contributed by atoms with Gasteiger partial charge in [-0.25, -0.2) is 4.57 Å². The van der Waals surface area contributed by atoms with Crippen LogP contribution in [0, 0.1) is 11.8 Å². The Bertz CT molecular complexity index is 1140. The van der Waals surface area contributed by atoms with E-state index in [1.165, 1.54) is 83.5 Å². The van der Waals surface area contributed by atoms with Gasteiger partial charge in [0.1, 0.15) is 25.5 Å². The Morgan fingerprint density at radius 1 is 0.810 bits per heavy atom. The Kier molecular flexibility index (Phi) is 32.0. The number of nitrogens with zero attached hydrogens (tertiary/aromatic N) is 1. The molecule has 58 heavy (non-hydrogen) atoms. The third-order valence-electron chi connectivity index (χ3n) is 11.0. The molecule has 0 radical (unpaired) electrons. The molecule has 0 aromatic rings. The average Bonchev–Trinajstić information content (AvgIpc) is 3.43. The number of quaternary nitrogens is 1. The van der Waals surface area contributed by atoms with E-state index in [2.05, 4.69) is 13.8 Å². The van der Waals surface area contributed by atoms with Gasteiger partial charge in [0.2, 0.25) is 0 Å². The van der Waals surface area contributed by atoms with Gasteiger partial charge in [-0.05, 0) is 38.2 Å². The van der Waals surface area contributed by atoms with Crippen molar-refractivity contribution in [1.29, 1.82) is 0 Å². The predicted molar refractivity (Wildman–Crippen MR) is 234 cm³/mol. The summed E-state index contributed by atoms with van der Waals surface area (Å²) in [6.45, 7) is 4.57. The molecule has 0 heterocycles. The molecule has 12 heteroatoms. The van der Waals surface area contributed by atoms with Gasteiger partial charge in [0.15, 0.2) is 6.10 Å². The van der Waals surface area contributed by atoms with Gasteiger partial charge in [-0.2, -0.15) is 0 Å². The van der Waals surface area contributed by atoms with Gasteiger partial charge in [-0.1, -0.05) is 148 Å². The van der Waals surface area contributed by atoms with Crippen LogP contribution in [0.3, 0.4) is 0 Å². The fourth-order valence-electron chi connectivity index (χ4n) is 7.30. The maximum absolute atomic E-state index is 12.8. The van der Waals surface area contributed by atoms with Crippen LogP contribution in [0.25, 0.3) is 0 Å². The lowest BCUT2D eigenvalue weighted by molar-refractivity contribution is -0.870. The number of Topliss-reactive ketones (excluding diaryl/α,β-unsaturated/α-hetero) is 1. The molecule has 1 fully saturated rings. The number of ether oxygens (including phenoxy) is 2. The smallest absolute Gasteiger partial charge is 0.472 e. The lowest BCUT2D eigenvalue weighted by atomic mass is 9.88. The number of phosphoric acid groups is 1. The highest BCUT2D eigenvalue weighted by Gasteiger charge is 2.39. The molecule has 6 atom stereocenters. The number of carbonyl (C=O) groups excluding carboxylic acids is 2. The standard InChI is InChI=1S/C46H86NO10P/c1-6-8-10-11-12-13-14-15-16-17-18-19-20-21-24-28-35-54-38-41(39-56-58(52,53)55-36-34-47(3,4)5)57-46(51)31-27-23-22-26-30-42-43(45(50)37-44(42)49)33-32-40(48)29-25-9-7-2/h28,32-33,35,40-43,45,48,50H,6-27,29-31,34,36-39H2,1-5H3/p+1/b33-32+,35-28+/t40-,41+,42+,43+,45+/m0/s1. The first-order valence-corrected chi connectivity index (χ1v) is 24.7. The highest BCUT2D eigenvalue weighted by atomic mass is 31.2. The fraction of sp³-hybridized carbons (Fsp3) is 0.870. The van der Waals surface area contributed by atoms with E-state index >= 15 is 0 Å². The summed E-state index contributed by atoms with van der Waals surface area (Å²) in [6.07, 6.45) is 32.0. The van der Waals surface area contributed by atoms with Gasteiger partial charge < -0.3 is 29.1 Å². The Labute approximate surface area is 353 Å². The van der Waals surface area contributed by atoms with E-state index in [0.717, 1.165) is 51.4 Å². The van der Waals surface area contributed by atoms with Crippen LogP contribution in [0.15, 0.2) is 24.5 Å². The quantitative estimate of drug-likeness (QED) is 0.0136. The monoisotopic (exact) mass is 845 g/mol. The lowest BCUT2D eigenvalue weighted by Crippen LogP contribution is -2.37. The van der Waals surface area contributed by atoms with Crippen molar-refractivity contribution in [3.05, 3.63) is 24.5 Å². The molecule has 1 aliphatic carbocycles. The van der Waals surface area contributed by atoms with Gasteiger partial charge in [0, 0.05) is 24.7 Å². The van der Waals surface area contributed by atoms with E-state index in [1.807, 2.05) is 33.3 Å². The van der Waals surface area contributed by atoms with Crippen molar-refractivity contribution in [1.82, 2.24) is 0 Å². The third kappa shape index (κ3) is 30.4. The summed E-state index contributed by atoms with van der Waals surface area (Å²) < 4.78 is 34.7. The second-order valence-corrected chi connectivity index (χ2v) is 19.1. The number of aliphatic hydroxyl groups excluding tert-OH is 2. The van der Waals surface area contributed by atoms with Crippen LogP contribution in [0.4, 0.5) is 0 Å². The molecule has 1 aliphatic rings. The SMILES string of the molecule is CCCCCCCCCCCCCCCC/C=C/OC[C@H](COP(=O)(O)OCC[N+](C)(C)C)OC(=O)CCCCCC[C@H]1C(=O)C[C@@H](O)[C@@H]1/C=C/[C@@H](O)CCCCC. The topological polar surface area (TPSA) is 149 Å². The summed E-state index contributed by atoms with van der Waals surface area (Å²) in [5, 5.41) is 20.8. The molecule has 0 bridgehead atoms. The molecular formula is C46H87NO10P+. The summed E-state index contributed by atoms with van der Waals surface area (Å²) in [4.78, 5) is 35.7. The Morgan fingerprint density at radius 3 is 2.00 bits per heavy atom. The van der Waals surface area contributed by atoms with Crippen molar-refractivity contribution >= 4 is 19.6 Å². The minimum Gasteiger partial charge on any atom is -0.498 e. The van der Waals surface area contributed by atoms with Crippen molar-refractivity contribution in [3.8, 4) is 0 Å². The van der Waals surface area contributed by atoms with E-state index in [0.29, 0.717) is 30.3 Å². The number of likely N-dealkylation sites (N-methyl/N-ethyl adjacent to an activating group) is 1. The van der Waals surface area contributed by atoms with Gasteiger partial charge in [-0.15, -0.1) is 0 Å². The van der Waals surface area contributed by atoms with Gasteiger partial charge >= 0.3 is 13.8 Å². The number of allylic oxidation sites excluding steroid dienone is 1. The third-order valence-corrected chi connectivity index (χ3v) is 12.0. The number of hydrogen-bond acceptors (Lipinski definition) is 9. The molecule has 3 N–H and O–H groups in total. The van der Waals surface area contributed by atoms with E-state index in [-0.39, 0.29) is 50.3 Å². The molecule has 1 unspecified atom stereocenters. The van der Waals surface area contributed by atoms with Crippen molar-refractivity contribution < 1.29 is 52.3 Å². The highest BCUT2D eigenvalue weighted by molar-refractivity contribution is 7.47. The normalized spacial score (nSPS) is 19.6. The molecule has 0 spiro atoms. The number of aliphatic hydroxyl groups is 2. The number of carbonyl (C=O) groups is 2. The fourth-order valence-corrected chi connectivity index (χ4v) is 8.04. The minimum absolute atomic E-state index is 0.0213. The molecule has 0 aromatic heterocycles. The molecule has 340 valence electrons. The zero-order valence-corrected chi connectivity index (χ0v) is 38.4. The number of ketones is 1. The largest absolute Gasteiger partial charge is 0.498 e. The maximum Gasteiger partial charge on any atom is 0.472 e. The van der Waals surface area contributed by atoms with Crippen LogP contribution in [-0.4, -0.2) is 97.2 Å². The van der Waals surface area contributed by atoms with Gasteiger partial charge in [0.25, 0.3) is 0 Å². The van der Waals surface area contributed by atoms with Gasteiger partial charge in [0.05, 0.1) is 46.2 Å². The number of hydrogen-bond donors (Lipinski definition) is 3. The highest BCUT2D eigenvalue weighted by Crippen LogP contribution is 2.43. The van der Waals surface area contributed by atoms with E-state index < -0.39 is 32.1 Å². The zero-order valence-electron chi connectivity index (χ0n) is 37.5. The zero-order chi connectivity index (χ0) is 42.9. The second kappa shape index (κ2) is 34.0.